The van der Waals surface area contributed by atoms with Crippen LogP contribution in [0.4, 0.5) is 0 Å². The second-order valence-electron chi connectivity index (χ2n) is 3.50. The molecule has 0 atom stereocenters. The van der Waals surface area contributed by atoms with Crippen LogP contribution in [0.15, 0.2) is 30.3 Å². The van der Waals surface area contributed by atoms with E-state index in [4.69, 9.17) is 21.8 Å². The third-order valence-corrected chi connectivity index (χ3v) is 2.72. The Morgan fingerprint density at radius 2 is 1.65 bits per heavy atom. The molecule has 17 heavy (non-hydrogen) atoms. The predicted octanol–water partition coefficient (Wildman–Crippen LogP) is 2.89. The number of carbonyl (C=O) groups is 2. The van der Waals surface area contributed by atoms with Crippen LogP contribution in [0.1, 0.15) is 20.7 Å². The summed E-state index contributed by atoms with van der Waals surface area (Å²) < 4.78 is 0. The Labute approximate surface area is 101 Å². The number of fused-ring (bicyclic) bond motifs is 1. The first-order valence-corrected chi connectivity index (χ1v) is 5.07. The van der Waals surface area contributed by atoms with Crippen molar-refractivity contribution < 1.29 is 19.8 Å². The molecule has 2 aromatic carbocycles. The van der Waals surface area contributed by atoms with E-state index in [1.54, 1.807) is 6.07 Å². The van der Waals surface area contributed by atoms with Gasteiger partial charge in [0.25, 0.3) is 0 Å². The minimum absolute atomic E-state index is 0.00208. The zero-order chi connectivity index (χ0) is 12.6. The molecular formula is C12H7ClO4. The topological polar surface area (TPSA) is 74.6 Å². The average molecular weight is 251 g/mol. The van der Waals surface area contributed by atoms with Gasteiger partial charge in [0.05, 0.1) is 16.1 Å². The molecule has 2 rings (SSSR count). The van der Waals surface area contributed by atoms with Crippen molar-refractivity contribution in [3.05, 3.63) is 46.5 Å². The molecular weight excluding hydrogens is 244 g/mol. The number of carboxylic acid groups (broad SMARTS) is 2. The summed E-state index contributed by atoms with van der Waals surface area (Å²) in [5.74, 6) is -2.15. The van der Waals surface area contributed by atoms with E-state index in [0.29, 0.717) is 10.8 Å². The summed E-state index contributed by atoms with van der Waals surface area (Å²) in [6.07, 6.45) is 0. The molecule has 0 aliphatic heterocycles. The van der Waals surface area contributed by atoms with Crippen molar-refractivity contribution in [2.75, 3.05) is 0 Å². The summed E-state index contributed by atoms with van der Waals surface area (Å²) in [6, 6.07) is 7.30. The molecule has 0 bridgehead atoms. The van der Waals surface area contributed by atoms with Gasteiger partial charge in [0, 0.05) is 0 Å². The second kappa shape index (κ2) is 4.07. The highest BCUT2D eigenvalue weighted by Gasteiger charge is 2.11. The van der Waals surface area contributed by atoms with Crippen LogP contribution in [-0.2, 0) is 0 Å². The number of carboxylic acids is 2. The van der Waals surface area contributed by atoms with Crippen molar-refractivity contribution in [2.24, 2.45) is 0 Å². The Morgan fingerprint density at radius 3 is 2.24 bits per heavy atom. The molecule has 0 spiro atoms. The molecule has 2 aromatic rings. The van der Waals surface area contributed by atoms with E-state index in [0.717, 1.165) is 0 Å². The summed E-state index contributed by atoms with van der Waals surface area (Å²) in [6.45, 7) is 0. The lowest BCUT2D eigenvalue weighted by Crippen LogP contribution is -1.98. The molecule has 2 N–H and O–H groups in total. The number of halogens is 1. The molecule has 0 aliphatic rings. The van der Waals surface area contributed by atoms with Gasteiger partial charge in [-0.15, -0.1) is 0 Å². The number of aromatic carboxylic acids is 2. The Kier molecular flexibility index (Phi) is 2.73. The highest BCUT2D eigenvalue weighted by Crippen LogP contribution is 2.25. The molecule has 0 radical (unpaired) electrons. The summed E-state index contributed by atoms with van der Waals surface area (Å²) in [7, 11) is 0. The van der Waals surface area contributed by atoms with E-state index in [9.17, 15) is 9.59 Å². The van der Waals surface area contributed by atoms with E-state index in [1.807, 2.05) is 0 Å². The molecule has 86 valence electrons. The third-order valence-electron chi connectivity index (χ3n) is 2.40. The quantitative estimate of drug-likeness (QED) is 0.859. The van der Waals surface area contributed by atoms with Crippen molar-refractivity contribution in [2.45, 2.75) is 0 Å². The zero-order valence-electron chi connectivity index (χ0n) is 8.48. The molecule has 0 aromatic heterocycles. The lowest BCUT2D eigenvalue weighted by Gasteiger charge is -2.04. The highest BCUT2D eigenvalue weighted by molar-refractivity contribution is 6.34. The van der Waals surface area contributed by atoms with Crippen LogP contribution in [0.2, 0.25) is 5.02 Å². The fourth-order valence-corrected chi connectivity index (χ4v) is 1.82. The molecule has 0 heterocycles. The van der Waals surface area contributed by atoms with Crippen molar-refractivity contribution in [3.63, 3.8) is 0 Å². The maximum Gasteiger partial charge on any atom is 0.337 e. The lowest BCUT2D eigenvalue weighted by molar-refractivity contribution is 0.0686. The van der Waals surface area contributed by atoms with Gasteiger partial charge in [-0.05, 0) is 35.0 Å². The molecule has 0 saturated carbocycles. The first kappa shape index (κ1) is 11.4. The number of hydrogen-bond acceptors (Lipinski definition) is 2. The van der Waals surface area contributed by atoms with E-state index in [1.165, 1.54) is 24.3 Å². The minimum Gasteiger partial charge on any atom is -0.478 e. The monoisotopic (exact) mass is 250 g/mol. The first-order chi connectivity index (χ1) is 7.99. The number of rotatable bonds is 2. The fourth-order valence-electron chi connectivity index (χ4n) is 1.57. The highest BCUT2D eigenvalue weighted by atomic mass is 35.5. The minimum atomic E-state index is -1.11. The first-order valence-electron chi connectivity index (χ1n) is 4.69. The number of hydrogen-bond donors (Lipinski definition) is 2. The standard InChI is InChI=1S/C12H7ClO4/c13-10-5-8-3-7(11(14)15)2-1-6(8)4-9(10)12(16)17/h1-5H,(H,14,15)(H,16,17). The normalized spacial score (nSPS) is 10.4. The van der Waals surface area contributed by atoms with Crippen molar-refractivity contribution >= 4 is 34.3 Å². The van der Waals surface area contributed by atoms with Crippen molar-refractivity contribution in [1.82, 2.24) is 0 Å². The Bertz CT molecular complexity index is 634. The molecule has 0 amide bonds. The van der Waals surface area contributed by atoms with Crippen LogP contribution < -0.4 is 0 Å². The van der Waals surface area contributed by atoms with E-state index >= 15 is 0 Å². The lowest BCUT2D eigenvalue weighted by atomic mass is 10.0. The second-order valence-corrected chi connectivity index (χ2v) is 3.91. The van der Waals surface area contributed by atoms with Crippen LogP contribution in [-0.4, -0.2) is 22.2 Å². The smallest absolute Gasteiger partial charge is 0.337 e. The molecule has 0 unspecified atom stereocenters. The average Bonchev–Trinajstić information content (AvgIpc) is 2.26. The van der Waals surface area contributed by atoms with Crippen LogP contribution >= 0.6 is 11.6 Å². The van der Waals surface area contributed by atoms with Crippen LogP contribution in [0.3, 0.4) is 0 Å². The van der Waals surface area contributed by atoms with Gasteiger partial charge < -0.3 is 10.2 Å². The summed E-state index contributed by atoms with van der Waals surface area (Å²) in [5.41, 5.74) is 0.138. The van der Waals surface area contributed by atoms with E-state index < -0.39 is 11.9 Å². The summed E-state index contributed by atoms with van der Waals surface area (Å²) >= 11 is 5.80. The van der Waals surface area contributed by atoms with Gasteiger partial charge in [-0.2, -0.15) is 0 Å². The van der Waals surface area contributed by atoms with Gasteiger partial charge in [-0.25, -0.2) is 9.59 Å². The van der Waals surface area contributed by atoms with E-state index in [-0.39, 0.29) is 16.1 Å². The van der Waals surface area contributed by atoms with Gasteiger partial charge in [0.15, 0.2) is 0 Å². The fraction of sp³-hybridized carbons (Fsp3) is 0. The molecule has 0 saturated heterocycles. The van der Waals surface area contributed by atoms with Gasteiger partial charge in [-0.1, -0.05) is 17.7 Å². The maximum atomic E-state index is 10.9. The van der Waals surface area contributed by atoms with Gasteiger partial charge in [-0.3, -0.25) is 0 Å². The van der Waals surface area contributed by atoms with Gasteiger partial charge in [0.1, 0.15) is 0 Å². The van der Waals surface area contributed by atoms with E-state index in [2.05, 4.69) is 0 Å². The molecule has 0 fully saturated rings. The largest absolute Gasteiger partial charge is 0.478 e. The van der Waals surface area contributed by atoms with Gasteiger partial charge >= 0.3 is 11.9 Å². The Morgan fingerprint density at radius 1 is 0.941 bits per heavy atom. The molecule has 4 nitrogen and oxygen atoms in total. The molecule has 5 heteroatoms. The Balaban J connectivity index is 2.70. The zero-order valence-corrected chi connectivity index (χ0v) is 9.23. The van der Waals surface area contributed by atoms with Crippen molar-refractivity contribution in [3.8, 4) is 0 Å². The third kappa shape index (κ3) is 2.07. The van der Waals surface area contributed by atoms with Crippen LogP contribution in [0.25, 0.3) is 10.8 Å². The van der Waals surface area contributed by atoms with Crippen LogP contribution in [0.5, 0.6) is 0 Å². The summed E-state index contributed by atoms with van der Waals surface area (Å²) in [5, 5.41) is 19.0. The Hall–Kier alpha value is -2.07. The number of benzene rings is 2. The predicted molar refractivity (Wildman–Crippen MR) is 62.9 cm³/mol. The van der Waals surface area contributed by atoms with Gasteiger partial charge in [0.2, 0.25) is 0 Å². The summed E-state index contributed by atoms with van der Waals surface area (Å²) in [4.78, 5) is 21.6. The molecule has 0 aliphatic carbocycles. The van der Waals surface area contributed by atoms with Crippen LogP contribution in [0, 0.1) is 0 Å². The van der Waals surface area contributed by atoms with Crippen molar-refractivity contribution in [1.29, 1.82) is 0 Å². The SMILES string of the molecule is O=C(O)c1ccc2cc(C(=O)O)c(Cl)cc2c1. The maximum absolute atomic E-state index is 10.9.